The van der Waals surface area contributed by atoms with Crippen LogP contribution in [0.5, 0.6) is 0 Å². The summed E-state index contributed by atoms with van der Waals surface area (Å²) in [5, 5.41) is 8.61. The van der Waals surface area contributed by atoms with Gasteiger partial charge in [0, 0.05) is 17.1 Å². The molecule has 0 aliphatic heterocycles. The zero-order valence-corrected chi connectivity index (χ0v) is 24.6. The Morgan fingerprint density at radius 3 is 0.475 bits per heavy atom. The Bertz CT molecular complexity index is 1180. The maximum Gasteiger partial charge on any atom is 0.102 e. The molecule has 0 amide bonds. The maximum atomic E-state index is 2.24. The van der Waals surface area contributed by atoms with Crippen LogP contribution in [0.1, 0.15) is 0 Å². The van der Waals surface area contributed by atoms with Gasteiger partial charge in [0.25, 0.3) is 0 Å². The first-order chi connectivity index (χ1) is 18.9. The molecule has 0 saturated heterocycles. The molecule has 6 rings (SSSR count). The summed E-state index contributed by atoms with van der Waals surface area (Å²) in [6.45, 7) is 0. The van der Waals surface area contributed by atoms with Gasteiger partial charge < -0.3 is 0 Å². The first kappa shape index (κ1) is 31.3. The first-order valence-corrected chi connectivity index (χ1v) is 16.0. The second kappa shape index (κ2) is 16.8. The molecule has 1 radical (unpaired) electrons. The minimum atomic E-state index is -0.877. The molecule has 0 aliphatic carbocycles. The molecular formula is C36H36BCuP2+. The van der Waals surface area contributed by atoms with Gasteiger partial charge in [-0.2, -0.15) is 0 Å². The number of hydrogen-bond donors (Lipinski definition) is 0. The van der Waals surface area contributed by atoms with Crippen molar-refractivity contribution < 1.29 is 17.1 Å². The molecule has 0 spiro atoms. The summed E-state index contributed by atoms with van der Waals surface area (Å²) >= 11 is 0. The topological polar surface area (TPSA) is 0 Å². The molecule has 0 nitrogen and oxygen atoms in total. The van der Waals surface area contributed by atoms with Crippen LogP contribution in [0, 0.1) is 0 Å². The van der Waals surface area contributed by atoms with E-state index in [0.717, 1.165) is 0 Å². The maximum absolute atomic E-state index is 2.24. The molecule has 0 bridgehead atoms. The molecule has 6 aromatic carbocycles. The van der Waals surface area contributed by atoms with Crippen LogP contribution in [0.3, 0.4) is 0 Å². The average Bonchev–Trinajstić information content (AvgIpc) is 3.01. The van der Waals surface area contributed by atoms with Crippen molar-refractivity contribution in [3.63, 3.8) is 0 Å². The van der Waals surface area contributed by atoms with E-state index in [1.807, 2.05) is 0 Å². The molecule has 0 unspecified atom stereocenters. The molecule has 4 heteroatoms. The summed E-state index contributed by atoms with van der Waals surface area (Å²) in [5.41, 5.74) is 0. The van der Waals surface area contributed by atoms with Gasteiger partial charge in [-0.3, -0.25) is 0 Å². The summed E-state index contributed by atoms with van der Waals surface area (Å²) in [4.78, 5) is 0. The van der Waals surface area contributed by atoms with Crippen LogP contribution in [0.2, 0.25) is 0 Å². The molecular weight excluding hydrogens is 569 g/mol. The van der Waals surface area contributed by atoms with Crippen LogP contribution >= 0.6 is 15.8 Å². The summed E-state index contributed by atoms with van der Waals surface area (Å²) in [6.07, 6.45) is 0. The van der Waals surface area contributed by atoms with Gasteiger partial charge in [0.15, 0.2) is 0 Å². The fraction of sp³-hybridized carbons (Fsp3) is 0. The van der Waals surface area contributed by atoms with Crippen LogP contribution in [-0.4, -0.2) is 8.41 Å². The van der Waals surface area contributed by atoms with Crippen molar-refractivity contribution in [3.05, 3.63) is 182 Å². The van der Waals surface area contributed by atoms with Crippen molar-refractivity contribution in [1.82, 2.24) is 0 Å². The van der Waals surface area contributed by atoms with Crippen molar-refractivity contribution in [2.24, 2.45) is 0 Å². The van der Waals surface area contributed by atoms with E-state index < -0.39 is 15.8 Å². The Kier molecular flexibility index (Phi) is 13.1. The predicted molar refractivity (Wildman–Crippen MR) is 184 cm³/mol. The van der Waals surface area contributed by atoms with Crippen molar-refractivity contribution in [3.8, 4) is 0 Å². The summed E-state index contributed by atoms with van der Waals surface area (Å²) < 4.78 is 0. The van der Waals surface area contributed by atoms with E-state index in [1.54, 1.807) is 0 Å². The van der Waals surface area contributed by atoms with E-state index in [0.29, 0.717) is 0 Å². The van der Waals surface area contributed by atoms with Crippen molar-refractivity contribution in [1.29, 1.82) is 0 Å². The Morgan fingerprint density at radius 1 is 0.225 bits per heavy atom. The van der Waals surface area contributed by atoms with Crippen LogP contribution in [-0.2, 0) is 17.1 Å². The van der Waals surface area contributed by atoms with Crippen molar-refractivity contribution in [2.75, 3.05) is 0 Å². The van der Waals surface area contributed by atoms with Gasteiger partial charge in [-0.15, -0.1) is 0 Å². The van der Waals surface area contributed by atoms with Gasteiger partial charge >= 0.3 is 0 Å². The SMILES string of the molecule is [BH4-].[Cu].c1ccc([PH+](c2ccccc2)c2ccccc2)cc1.c1ccc([PH+](c2ccccc2)c2ccccc2)cc1. The smallest absolute Gasteiger partial charge is 0.0626 e. The van der Waals surface area contributed by atoms with Gasteiger partial charge in [-0.25, -0.2) is 0 Å². The zero-order valence-electron chi connectivity index (χ0n) is 21.6. The van der Waals surface area contributed by atoms with E-state index in [4.69, 9.17) is 0 Å². The van der Waals surface area contributed by atoms with Gasteiger partial charge in [-0.1, -0.05) is 118 Å². The summed E-state index contributed by atoms with van der Waals surface area (Å²) in [6, 6.07) is 65.0. The standard InChI is InChI=1S/2C18H15P.BH4.Cu/c2*1-4-10-16(11-5-1)19(17-12-6-2-7-13-17)18-14-8-3-9-15-18;;/h2*1-15H;1H4;/q;;-1;/p+2. The quantitative estimate of drug-likeness (QED) is 0.188. The molecule has 203 valence electrons. The second-order valence-electron chi connectivity index (χ2n) is 8.95. The molecule has 0 fully saturated rings. The Morgan fingerprint density at radius 2 is 0.350 bits per heavy atom. The van der Waals surface area contributed by atoms with E-state index in [9.17, 15) is 0 Å². The van der Waals surface area contributed by atoms with E-state index in [1.165, 1.54) is 31.8 Å². The normalized spacial score (nSPS) is 10.1. The van der Waals surface area contributed by atoms with Crippen molar-refractivity contribution in [2.45, 2.75) is 0 Å². The minimum Gasteiger partial charge on any atom is -0.0626 e. The fourth-order valence-corrected chi connectivity index (χ4v) is 9.78. The molecule has 0 saturated carbocycles. The van der Waals surface area contributed by atoms with E-state index >= 15 is 0 Å². The fourth-order valence-electron chi connectivity index (χ4n) is 4.63. The summed E-state index contributed by atoms with van der Waals surface area (Å²) in [7, 11) is -1.75. The molecule has 40 heavy (non-hydrogen) atoms. The largest absolute Gasteiger partial charge is 0.102 e. The second-order valence-corrected chi connectivity index (χ2v) is 13.9. The molecule has 0 N–H and O–H groups in total. The molecule has 0 aromatic heterocycles. The Labute approximate surface area is 254 Å². The van der Waals surface area contributed by atoms with Gasteiger partial charge in [-0.05, 0) is 72.8 Å². The Hall–Kier alpha value is -3.24. The van der Waals surface area contributed by atoms with Gasteiger partial charge in [0.05, 0.1) is 15.8 Å². The van der Waals surface area contributed by atoms with Crippen LogP contribution in [0.4, 0.5) is 0 Å². The molecule has 0 atom stereocenters. The van der Waals surface area contributed by atoms with Crippen LogP contribution in [0.15, 0.2) is 182 Å². The third-order valence-electron chi connectivity index (χ3n) is 6.37. The van der Waals surface area contributed by atoms with Gasteiger partial charge in [0.1, 0.15) is 31.8 Å². The summed E-state index contributed by atoms with van der Waals surface area (Å²) in [5.74, 6) is 0. The van der Waals surface area contributed by atoms with E-state index in [-0.39, 0.29) is 25.5 Å². The average molecular weight is 605 g/mol. The molecule has 0 heterocycles. The minimum absolute atomic E-state index is 0. The third kappa shape index (κ3) is 8.38. The number of rotatable bonds is 6. The number of hydrogen-bond acceptors (Lipinski definition) is 0. The monoisotopic (exact) mass is 604 g/mol. The third-order valence-corrected chi connectivity index (χ3v) is 11.8. The molecule has 0 aliphatic rings. The Balaban J connectivity index is 0.000000210. The zero-order chi connectivity index (χ0) is 25.8. The van der Waals surface area contributed by atoms with Crippen LogP contribution in [0.25, 0.3) is 0 Å². The van der Waals surface area contributed by atoms with Crippen molar-refractivity contribution >= 4 is 56.1 Å². The van der Waals surface area contributed by atoms with Crippen LogP contribution < -0.4 is 31.8 Å². The van der Waals surface area contributed by atoms with Gasteiger partial charge in [0.2, 0.25) is 0 Å². The van der Waals surface area contributed by atoms with E-state index in [2.05, 4.69) is 182 Å². The number of benzene rings is 6. The molecule has 6 aromatic rings. The first-order valence-electron chi connectivity index (χ1n) is 13.0. The predicted octanol–water partition coefficient (Wildman–Crippen LogP) is 4.90.